The van der Waals surface area contributed by atoms with Gasteiger partial charge in [0.15, 0.2) is 11.5 Å². The summed E-state index contributed by atoms with van der Waals surface area (Å²) < 4.78 is 16.6. The van der Waals surface area contributed by atoms with Gasteiger partial charge in [0, 0.05) is 23.7 Å². The molecule has 1 aromatic heterocycles. The summed E-state index contributed by atoms with van der Waals surface area (Å²) in [6, 6.07) is 14.7. The maximum atomic E-state index is 10.4. The van der Waals surface area contributed by atoms with Crippen molar-refractivity contribution in [2.75, 3.05) is 25.3 Å². The molecule has 2 aromatic carbocycles. The Morgan fingerprint density at radius 1 is 1.06 bits per heavy atom. The summed E-state index contributed by atoms with van der Waals surface area (Å²) in [5.74, 6) is 2.26. The van der Waals surface area contributed by atoms with Gasteiger partial charge in [-0.1, -0.05) is 17.7 Å². The van der Waals surface area contributed by atoms with Crippen molar-refractivity contribution >= 4 is 17.4 Å². The lowest BCUT2D eigenvalue weighted by molar-refractivity contribution is 0.0787. The molecule has 6 nitrogen and oxygen atoms in total. The van der Waals surface area contributed by atoms with Crippen LogP contribution in [0.4, 0.5) is 5.82 Å². The van der Waals surface area contributed by atoms with Crippen LogP contribution in [0.15, 0.2) is 48.5 Å². The van der Waals surface area contributed by atoms with Crippen LogP contribution in [0.2, 0.25) is 5.02 Å². The smallest absolute Gasteiger partial charge is 0.231 e. The third-order valence-electron chi connectivity index (χ3n) is 4.84. The van der Waals surface area contributed by atoms with E-state index >= 15 is 0 Å². The first-order valence-electron chi connectivity index (χ1n) is 10.3. The van der Waals surface area contributed by atoms with E-state index in [9.17, 15) is 5.11 Å². The van der Waals surface area contributed by atoms with Gasteiger partial charge in [-0.3, -0.25) is 0 Å². The van der Waals surface area contributed by atoms with E-state index in [0.717, 1.165) is 23.3 Å². The van der Waals surface area contributed by atoms with E-state index in [1.165, 1.54) is 0 Å². The van der Waals surface area contributed by atoms with Gasteiger partial charge in [0.2, 0.25) is 6.79 Å². The molecule has 2 heterocycles. The van der Waals surface area contributed by atoms with Crippen LogP contribution in [0.1, 0.15) is 20.3 Å². The summed E-state index contributed by atoms with van der Waals surface area (Å²) in [5, 5.41) is 14.3. The number of hydrogen-bond acceptors (Lipinski definition) is 6. The van der Waals surface area contributed by atoms with Crippen molar-refractivity contribution in [2.45, 2.75) is 26.4 Å². The van der Waals surface area contributed by atoms with E-state index < -0.39 is 0 Å². The molecular weight excluding hydrogens is 416 g/mol. The third-order valence-corrected chi connectivity index (χ3v) is 5.08. The molecule has 0 atom stereocenters. The molecule has 0 bridgehead atoms. The second-order valence-electron chi connectivity index (χ2n) is 7.56. The van der Waals surface area contributed by atoms with Crippen LogP contribution in [0.25, 0.3) is 22.4 Å². The summed E-state index contributed by atoms with van der Waals surface area (Å²) in [7, 11) is 0. The van der Waals surface area contributed by atoms with Crippen molar-refractivity contribution in [1.82, 2.24) is 4.98 Å². The zero-order valence-electron chi connectivity index (χ0n) is 17.5. The van der Waals surface area contributed by atoms with Crippen LogP contribution in [0.3, 0.4) is 0 Å². The van der Waals surface area contributed by atoms with E-state index in [1.54, 1.807) is 18.2 Å². The van der Waals surface area contributed by atoms with Gasteiger partial charge in [0.1, 0.15) is 11.6 Å². The maximum absolute atomic E-state index is 10.4. The number of pyridine rings is 1. The van der Waals surface area contributed by atoms with Gasteiger partial charge in [0.25, 0.3) is 0 Å². The Morgan fingerprint density at radius 2 is 1.90 bits per heavy atom. The molecule has 0 amide bonds. The van der Waals surface area contributed by atoms with Gasteiger partial charge in [-0.25, -0.2) is 4.98 Å². The van der Waals surface area contributed by atoms with Crippen LogP contribution in [0, 0.1) is 0 Å². The zero-order valence-corrected chi connectivity index (χ0v) is 18.3. The highest BCUT2D eigenvalue weighted by Gasteiger charge is 2.16. The van der Waals surface area contributed by atoms with E-state index in [2.05, 4.69) is 5.32 Å². The summed E-state index contributed by atoms with van der Waals surface area (Å²) in [6.45, 7) is 5.66. The molecule has 1 aliphatic rings. The van der Waals surface area contributed by atoms with Gasteiger partial charge >= 0.3 is 0 Å². The Labute approximate surface area is 186 Å². The maximum Gasteiger partial charge on any atom is 0.231 e. The molecule has 0 saturated carbocycles. The summed E-state index contributed by atoms with van der Waals surface area (Å²) in [5.41, 5.74) is 3.08. The number of benzene rings is 2. The van der Waals surface area contributed by atoms with Crippen LogP contribution in [-0.4, -0.2) is 36.1 Å². The second kappa shape index (κ2) is 9.45. The Hall–Kier alpha value is -2.96. The highest BCUT2D eigenvalue weighted by Crippen LogP contribution is 2.38. The van der Waals surface area contributed by atoms with Gasteiger partial charge in [-0.2, -0.15) is 0 Å². The Bertz CT molecular complexity index is 1070. The lowest BCUT2D eigenvalue weighted by Crippen LogP contribution is -2.10. The van der Waals surface area contributed by atoms with E-state index in [1.807, 2.05) is 44.2 Å². The van der Waals surface area contributed by atoms with Crippen LogP contribution in [0.5, 0.6) is 17.2 Å². The number of halogens is 1. The minimum atomic E-state index is 0.121. The summed E-state index contributed by atoms with van der Waals surface area (Å²) >= 11 is 6.17. The molecule has 1 aliphatic heterocycles. The molecule has 0 fully saturated rings. The third kappa shape index (κ3) is 5.21. The normalized spacial score (nSPS) is 12.4. The predicted octanol–water partition coefficient (Wildman–Crippen LogP) is 5.73. The van der Waals surface area contributed by atoms with Gasteiger partial charge < -0.3 is 24.6 Å². The molecular formula is C24H25ClN2O4. The van der Waals surface area contributed by atoms with Gasteiger partial charge in [-0.15, -0.1) is 0 Å². The number of fused-ring (bicyclic) bond motifs is 1. The summed E-state index contributed by atoms with van der Waals surface area (Å²) in [4.78, 5) is 4.71. The first-order valence-corrected chi connectivity index (χ1v) is 10.6. The molecule has 31 heavy (non-hydrogen) atoms. The number of ether oxygens (including phenoxy) is 3. The Kier molecular flexibility index (Phi) is 6.49. The fourth-order valence-corrected chi connectivity index (χ4v) is 3.50. The lowest BCUT2D eigenvalue weighted by Gasteiger charge is -2.13. The fourth-order valence-electron chi connectivity index (χ4n) is 3.32. The predicted molar refractivity (Wildman–Crippen MR) is 122 cm³/mol. The number of hydrogen-bond donors (Lipinski definition) is 2. The minimum Gasteiger partial charge on any atom is -0.507 e. The highest BCUT2D eigenvalue weighted by atomic mass is 35.5. The molecule has 4 rings (SSSR count). The molecule has 2 N–H and O–H groups in total. The minimum absolute atomic E-state index is 0.121. The largest absolute Gasteiger partial charge is 0.507 e. The topological polar surface area (TPSA) is 72.8 Å². The summed E-state index contributed by atoms with van der Waals surface area (Å²) in [6.07, 6.45) is 1.07. The lowest BCUT2D eigenvalue weighted by atomic mass is 10.0. The first kappa shape index (κ1) is 21.3. The average molecular weight is 441 g/mol. The Morgan fingerprint density at radius 3 is 2.74 bits per heavy atom. The molecule has 0 radical (unpaired) electrons. The van der Waals surface area contributed by atoms with Gasteiger partial charge in [-0.05, 0) is 73.9 Å². The second-order valence-corrected chi connectivity index (χ2v) is 7.99. The fraction of sp³-hybridized carbons (Fsp3) is 0.292. The Balaban J connectivity index is 1.66. The number of aromatic nitrogens is 1. The SMILES string of the molecule is CC(C)OCCCNc1cc(-c2ccc3c(c2)OCO3)cc(-c2cc(Cl)ccc2O)n1. The zero-order chi connectivity index (χ0) is 21.8. The van der Waals surface area contributed by atoms with Crippen molar-refractivity contribution in [3.8, 4) is 39.6 Å². The van der Waals surface area contributed by atoms with Crippen molar-refractivity contribution in [1.29, 1.82) is 0 Å². The van der Waals surface area contributed by atoms with Crippen LogP contribution >= 0.6 is 11.6 Å². The monoisotopic (exact) mass is 440 g/mol. The molecule has 0 saturated heterocycles. The first-order chi connectivity index (χ1) is 15.0. The number of phenolic OH excluding ortho intramolecular Hbond substituents is 1. The highest BCUT2D eigenvalue weighted by molar-refractivity contribution is 6.31. The molecule has 3 aromatic rings. The van der Waals surface area contributed by atoms with E-state index in [4.69, 9.17) is 30.8 Å². The standard InChI is InChI=1S/C24H25ClN2O4/c1-15(2)29-9-3-8-26-24-12-17(16-4-7-22-23(11-16)31-14-30-22)10-20(27-24)19-13-18(25)5-6-21(19)28/h4-7,10-13,15,28H,3,8-9,14H2,1-2H3,(H,26,27). The van der Waals surface area contributed by atoms with Crippen LogP contribution in [-0.2, 0) is 4.74 Å². The molecule has 7 heteroatoms. The number of nitrogens with zero attached hydrogens (tertiary/aromatic N) is 1. The van der Waals surface area contributed by atoms with Crippen LogP contribution < -0.4 is 14.8 Å². The number of anilines is 1. The van der Waals surface area contributed by atoms with Crippen molar-refractivity contribution in [3.05, 3.63) is 53.6 Å². The quantitative estimate of drug-likeness (QED) is 0.436. The van der Waals surface area contributed by atoms with Crippen molar-refractivity contribution in [3.63, 3.8) is 0 Å². The number of nitrogens with one attached hydrogen (secondary N) is 1. The molecule has 0 aliphatic carbocycles. The number of aromatic hydroxyl groups is 1. The number of rotatable bonds is 8. The molecule has 0 spiro atoms. The van der Waals surface area contributed by atoms with Crippen molar-refractivity contribution in [2.24, 2.45) is 0 Å². The van der Waals surface area contributed by atoms with Gasteiger partial charge in [0.05, 0.1) is 11.8 Å². The number of phenols is 1. The van der Waals surface area contributed by atoms with Crippen molar-refractivity contribution < 1.29 is 19.3 Å². The van der Waals surface area contributed by atoms with E-state index in [0.29, 0.717) is 41.0 Å². The molecule has 162 valence electrons. The molecule has 0 unspecified atom stereocenters. The van der Waals surface area contributed by atoms with E-state index in [-0.39, 0.29) is 18.6 Å². The average Bonchev–Trinajstić information content (AvgIpc) is 3.22.